The molecular formula is C28H26N2O5. The number of fused-ring (bicyclic) bond motifs is 1. The molecule has 3 heterocycles. The smallest absolute Gasteiger partial charge is 0.295 e. The molecule has 1 fully saturated rings. The van der Waals surface area contributed by atoms with Gasteiger partial charge in [0, 0.05) is 30.9 Å². The SMILES string of the molecule is CCOc1cccc([C@H]2/C(=C(\O)c3ccc4c(c3)C[C@@H](C)O4)C(=O)C(=O)N2Cc2ccncc2)c1. The first-order valence-electron chi connectivity index (χ1n) is 11.7. The Morgan fingerprint density at radius 3 is 2.71 bits per heavy atom. The summed E-state index contributed by atoms with van der Waals surface area (Å²) >= 11 is 0. The van der Waals surface area contributed by atoms with E-state index in [1.54, 1.807) is 36.7 Å². The van der Waals surface area contributed by atoms with Gasteiger partial charge < -0.3 is 19.5 Å². The molecule has 0 bridgehead atoms. The molecule has 35 heavy (non-hydrogen) atoms. The average molecular weight is 471 g/mol. The van der Waals surface area contributed by atoms with Gasteiger partial charge in [-0.05, 0) is 73.0 Å². The van der Waals surface area contributed by atoms with Gasteiger partial charge in [-0.2, -0.15) is 0 Å². The second kappa shape index (κ2) is 9.25. The van der Waals surface area contributed by atoms with E-state index >= 15 is 0 Å². The zero-order chi connectivity index (χ0) is 24.5. The maximum absolute atomic E-state index is 13.3. The molecule has 0 saturated carbocycles. The molecule has 2 atom stereocenters. The largest absolute Gasteiger partial charge is 0.507 e. The standard InChI is InChI=1S/C28H26N2O5/c1-3-34-22-6-4-5-19(15-22)25-24(26(31)20-7-8-23-21(14-20)13-17(2)35-23)27(32)28(33)30(25)16-18-9-11-29-12-10-18/h4-12,14-15,17,25,31H,3,13,16H2,1-2H3/b26-24+/t17-,25+/m1/s1. The summed E-state index contributed by atoms with van der Waals surface area (Å²) < 4.78 is 11.4. The Kier molecular flexibility index (Phi) is 5.99. The first-order valence-corrected chi connectivity index (χ1v) is 11.7. The molecule has 0 radical (unpaired) electrons. The van der Waals surface area contributed by atoms with Crippen molar-refractivity contribution in [3.8, 4) is 11.5 Å². The number of aliphatic hydroxyl groups is 1. The molecule has 5 rings (SSSR count). The van der Waals surface area contributed by atoms with Gasteiger partial charge in [0.15, 0.2) is 0 Å². The number of carbonyl (C=O) groups excluding carboxylic acids is 2. The van der Waals surface area contributed by atoms with Crippen LogP contribution in [0.1, 0.15) is 42.1 Å². The van der Waals surface area contributed by atoms with Crippen molar-refractivity contribution in [1.29, 1.82) is 0 Å². The van der Waals surface area contributed by atoms with Crippen LogP contribution in [0.2, 0.25) is 0 Å². The molecule has 1 N–H and O–H groups in total. The number of rotatable bonds is 6. The molecule has 0 aliphatic carbocycles. The first kappa shape index (κ1) is 22.7. The predicted molar refractivity (Wildman–Crippen MR) is 130 cm³/mol. The molecule has 2 aromatic carbocycles. The fourth-order valence-corrected chi connectivity index (χ4v) is 4.74. The van der Waals surface area contributed by atoms with Crippen LogP contribution in [0.3, 0.4) is 0 Å². The normalized spacial score (nSPS) is 20.6. The van der Waals surface area contributed by atoms with E-state index in [2.05, 4.69) is 4.98 Å². The first-order chi connectivity index (χ1) is 17.0. The number of carbonyl (C=O) groups is 2. The lowest BCUT2D eigenvalue weighted by atomic mass is 9.94. The third-order valence-corrected chi connectivity index (χ3v) is 6.30. The van der Waals surface area contributed by atoms with Crippen molar-refractivity contribution >= 4 is 17.4 Å². The van der Waals surface area contributed by atoms with Gasteiger partial charge in [0.2, 0.25) is 0 Å². The molecule has 0 unspecified atom stereocenters. The summed E-state index contributed by atoms with van der Waals surface area (Å²) in [5.41, 5.74) is 3.02. The van der Waals surface area contributed by atoms with Crippen molar-refractivity contribution in [3.05, 3.63) is 94.8 Å². The molecule has 2 aliphatic heterocycles. The monoisotopic (exact) mass is 470 g/mol. The van der Waals surface area contributed by atoms with Gasteiger partial charge in [0.05, 0.1) is 18.2 Å². The molecule has 2 aliphatic rings. The highest BCUT2D eigenvalue weighted by Gasteiger charge is 2.46. The second-order valence-electron chi connectivity index (χ2n) is 8.74. The van der Waals surface area contributed by atoms with Gasteiger partial charge in [0.1, 0.15) is 23.4 Å². The van der Waals surface area contributed by atoms with Crippen molar-refractivity contribution < 1.29 is 24.2 Å². The Bertz CT molecular complexity index is 1320. The van der Waals surface area contributed by atoms with Crippen molar-refractivity contribution in [2.45, 2.75) is 39.0 Å². The summed E-state index contributed by atoms with van der Waals surface area (Å²) in [7, 11) is 0. The number of Topliss-reactive ketones (excluding diaryl/α,β-unsaturated/α-hetero) is 1. The van der Waals surface area contributed by atoms with Crippen LogP contribution in [-0.2, 0) is 22.6 Å². The fourth-order valence-electron chi connectivity index (χ4n) is 4.74. The number of pyridine rings is 1. The minimum atomic E-state index is -0.771. The van der Waals surface area contributed by atoms with Gasteiger partial charge in [0.25, 0.3) is 11.7 Å². The Balaban J connectivity index is 1.63. The second-order valence-corrected chi connectivity index (χ2v) is 8.74. The van der Waals surface area contributed by atoms with E-state index in [4.69, 9.17) is 9.47 Å². The lowest BCUT2D eigenvalue weighted by Crippen LogP contribution is -2.29. The zero-order valence-electron chi connectivity index (χ0n) is 19.6. The summed E-state index contributed by atoms with van der Waals surface area (Å²) in [6, 6.07) is 15.5. The minimum absolute atomic E-state index is 0.0506. The van der Waals surface area contributed by atoms with Gasteiger partial charge >= 0.3 is 0 Å². The summed E-state index contributed by atoms with van der Waals surface area (Å²) in [5.74, 6) is -0.173. The lowest BCUT2D eigenvalue weighted by molar-refractivity contribution is -0.140. The summed E-state index contributed by atoms with van der Waals surface area (Å²) in [6.07, 6.45) is 4.05. The highest BCUT2D eigenvalue weighted by Crippen LogP contribution is 2.42. The molecule has 0 spiro atoms. The van der Waals surface area contributed by atoms with E-state index in [0.29, 0.717) is 29.9 Å². The van der Waals surface area contributed by atoms with E-state index in [-0.39, 0.29) is 24.0 Å². The molecule has 178 valence electrons. The summed E-state index contributed by atoms with van der Waals surface area (Å²) in [6.45, 7) is 4.55. The topological polar surface area (TPSA) is 89.0 Å². The van der Waals surface area contributed by atoms with Crippen molar-refractivity contribution in [3.63, 3.8) is 0 Å². The molecule has 7 nitrogen and oxygen atoms in total. The van der Waals surface area contributed by atoms with Crippen LogP contribution < -0.4 is 9.47 Å². The van der Waals surface area contributed by atoms with E-state index in [1.165, 1.54) is 4.90 Å². The number of aliphatic hydroxyl groups excluding tert-OH is 1. The van der Waals surface area contributed by atoms with Crippen LogP contribution in [0.5, 0.6) is 11.5 Å². The summed E-state index contributed by atoms with van der Waals surface area (Å²) in [4.78, 5) is 32.1. The highest BCUT2D eigenvalue weighted by atomic mass is 16.5. The summed E-state index contributed by atoms with van der Waals surface area (Å²) in [5, 5.41) is 11.4. The number of likely N-dealkylation sites (tertiary alicyclic amines) is 1. The number of aromatic nitrogens is 1. The Morgan fingerprint density at radius 1 is 1.14 bits per heavy atom. The molecule has 7 heteroatoms. The Hall–Kier alpha value is -4.13. The Labute approximate surface area is 203 Å². The number of nitrogens with zero attached hydrogens (tertiary/aromatic N) is 2. The molecule has 1 saturated heterocycles. The van der Waals surface area contributed by atoms with Gasteiger partial charge in [-0.15, -0.1) is 0 Å². The van der Waals surface area contributed by atoms with Crippen LogP contribution >= 0.6 is 0 Å². The third kappa shape index (κ3) is 4.25. The van der Waals surface area contributed by atoms with E-state index in [0.717, 1.165) is 16.9 Å². The van der Waals surface area contributed by atoms with Gasteiger partial charge in [-0.3, -0.25) is 14.6 Å². The van der Waals surface area contributed by atoms with Gasteiger partial charge in [-0.1, -0.05) is 12.1 Å². The Morgan fingerprint density at radius 2 is 1.94 bits per heavy atom. The number of ketones is 1. The van der Waals surface area contributed by atoms with Crippen LogP contribution in [0, 0.1) is 0 Å². The maximum atomic E-state index is 13.3. The minimum Gasteiger partial charge on any atom is -0.507 e. The lowest BCUT2D eigenvalue weighted by Gasteiger charge is -2.25. The van der Waals surface area contributed by atoms with E-state index in [9.17, 15) is 14.7 Å². The number of hydrogen-bond donors (Lipinski definition) is 1. The van der Waals surface area contributed by atoms with Crippen LogP contribution in [0.4, 0.5) is 0 Å². The number of amides is 1. The van der Waals surface area contributed by atoms with Crippen molar-refractivity contribution in [2.75, 3.05) is 6.61 Å². The number of benzene rings is 2. The highest BCUT2D eigenvalue weighted by molar-refractivity contribution is 6.46. The maximum Gasteiger partial charge on any atom is 0.295 e. The predicted octanol–water partition coefficient (Wildman–Crippen LogP) is 4.43. The molecule has 1 amide bonds. The van der Waals surface area contributed by atoms with Crippen LogP contribution in [0.15, 0.2) is 72.6 Å². The van der Waals surface area contributed by atoms with E-state index in [1.807, 2.05) is 44.2 Å². The molecular weight excluding hydrogens is 444 g/mol. The third-order valence-electron chi connectivity index (χ3n) is 6.30. The van der Waals surface area contributed by atoms with Crippen LogP contribution in [-0.4, -0.2) is 39.4 Å². The zero-order valence-corrected chi connectivity index (χ0v) is 19.6. The molecule has 3 aromatic rings. The van der Waals surface area contributed by atoms with Crippen LogP contribution in [0.25, 0.3) is 5.76 Å². The van der Waals surface area contributed by atoms with E-state index < -0.39 is 17.7 Å². The van der Waals surface area contributed by atoms with Crippen molar-refractivity contribution in [1.82, 2.24) is 9.88 Å². The molecule has 1 aromatic heterocycles. The van der Waals surface area contributed by atoms with Crippen molar-refractivity contribution in [2.24, 2.45) is 0 Å². The van der Waals surface area contributed by atoms with Gasteiger partial charge in [-0.25, -0.2) is 0 Å². The number of hydrogen-bond acceptors (Lipinski definition) is 6. The quantitative estimate of drug-likeness (QED) is 0.326. The number of ether oxygens (including phenoxy) is 2. The fraction of sp³-hybridized carbons (Fsp3) is 0.250. The average Bonchev–Trinajstić information content (AvgIpc) is 3.35.